The molecule has 0 saturated carbocycles. The van der Waals surface area contributed by atoms with Crippen molar-refractivity contribution in [2.45, 2.75) is 0 Å². The predicted molar refractivity (Wildman–Crippen MR) is 127 cm³/mol. The van der Waals surface area contributed by atoms with Crippen molar-refractivity contribution in [1.82, 2.24) is 24.6 Å². The van der Waals surface area contributed by atoms with Crippen molar-refractivity contribution in [2.24, 2.45) is 0 Å². The van der Waals surface area contributed by atoms with Gasteiger partial charge in [0.05, 0.1) is 23.4 Å². The summed E-state index contributed by atoms with van der Waals surface area (Å²) in [6, 6.07) is 12.4. The van der Waals surface area contributed by atoms with E-state index < -0.39 is 11.6 Å². The lowest BCUT2D eigenvalue weighted by atomic mass is 10.1. The van der Waals surface area contributed by atoms with Crippen LogP contribution in [-0.2, 0) is 4.74 Å². The van der Waals surface area contributed by atoms with Crippen LogP contribution in [0, 0.1) is 11.6 Å². The van der Waals surface area contributed by atoms with Gasteiger partial charge in [0.1, 0.15) is 17.5 Å². The van der Waals surface area contributed by atoms with Crippen LogP contribution in [0.15, 0.2) is 48.5 Å². The minimum atomic E-state index is -0.421. The molecule has 0 atom stereocenters. The van der Waals surface area contributed by atoms with Crippen molar-refractivity contribution in [3.63, 3.8) is 0 Å². The van der Waals surface area contributed by atoms with Gasteiger partial charge in [-0.2, -0.15) is 4.98 Å². The first-order chi connectivity index (χ1) is 16.5. The predicted octanol–water partition coefficient (Wildman–Crippen LogP) is 3.11. The van der Waals surface area contributed by atoms with Crippen molar-refractivity contribution < 1.29 is 13.5 Å². The Hall–Kier alpha value is -3.63. The van der Waals surface area contributed by atoms with Gasteiger partial charge in [-0.1, -0.05) is 18.2 Å². The summed E-state index contributed by atoms with van der Waals surface area (Å²) in [7, 11) is 1.69. The molecule has 0 spiro atoms. The molecule has 2 N–H and O–H groups in total. The van der Waals surface area contributed by atoms with Gasteiger partial charge in [-0.05, 0) is 30.3 Å². The second-order valence-electron chi connectivity index (χ2n) is 8.15. The number of halogens is 2. The van der Waals surface area contributed by atoms with E-state index >= 15 is 0 Å². The summed E-state index contributed by atoms with van der Waals surface area (Å²) in [5.74, 6) is -0.157. The fraction of sp³-hybridized carbons (Fsp3) is 0.292. The molecule has 0 unspecified atom stereocenters. The molecule has 2 aromatic heterocycles. The molecule has 1 aliphatic heterocycles. The van der Waals surface area contributed by atoms with E-state index in [4.69, 9.17) is 15.5 Å². The molecule has 1 fully saturated rings. The number of piperazine rings is 1. The lowest BCUT2D eigenvalue weighted by Gasteiger charge is -2.34. The fourth-order valence-electron chi connectivity index (χ4n) is 4.19. The molecule has 5 rings (SSSR count). The summed E-state index contributed by atoms with van der Waals surface area (Å²) in [4.78, 5) is 13.8. The number of nitrogen functional groups attached to an aromatic ring is 1. The molecule has 8 nitrogen and oxygen atoms in total. The highest BCUT2D eigenvalue weighted by Crippen LogP contribution is 2.34. The molecule has 10 heteroatoms. The van der Waals surface area contributed by atoms with E-state index in [0.29, 0.717) is 53.6 Å². The number of anilines is 2. The average molecular weight is 466 g/mol. The number of aromatic nitrogens is 4. The maximum atomic E-state index is 14.9. The summed E-state index contributed by atoms with van der Waals surface area (Å²) >= 11 is 0. The number of rotatable bonds is 6. The van der Waals surface area contributed by atoms with Gasteiger partial charge in [0.15, 0.2) is 5.65 Å². The Balaban J connectivity index is 1.61. The van der Waals surface area contributed by atoms with Crippen molar-refractivity contribution >= 4 is 22.8 Å². The molecular weight excluding hydrogens is 440 g/mol. The van der Waals surface area contributed by atoms with E-state index in [9.17, 15) is 8.78 Å². The van der Waals surface area contributed by atoms with Crippen LogP contribution in [0.3, 0.4) is 0 Å². The maximum absolute atomic E-state index is 14.9. The van der Waals surface area contributed by atoms with E-state index in [-0.39, 0.29) is 5.82 Å². The van der Waals surface area contributed by atoms with Crippen LogP contribution >= 0.6 is 0 Å². The number of fused-ring (bicyclic) bond motifs is 1. The molecule has 2 aromatic carbocycles. The van der Waals surface area contributed by atoms with Crippen LogP contribution in [0.1, 0.15) is 0 Å². The normalized spacial score (nSPS) is 14.7. The Kier molecular flexibility index (Phi) is 6.08. The fourth-order valence-corrected chi connectivity index (χ4v) is 4.19. The zero-order chi connectivity index (χ0) is 23.7. The number of hydrogen-bond donors (Lipinski definition) is 1. The van der Waals surface area contributed by atoms with Gasteiger partial charge in [-0.15, -0.1) is 5.10 Å². The average Bonchev–Trinajstić information content (AvgIpc) is 3.19. The van der Waals surface area contributed by atoms with Gasteiger partial charge in [0, 0.05) is 45.4 Å². The quantitative estimate of drug-likeness (QED) is 0.468. The van der Waals surface area contributed by atoms with Crippen LogP contribution in [0.4, 0.5) is 20.5 Å². The second-order valence-corrected chi connectivity index (χ2v) is 8.15. The van der Waals surface area contributed by atoms with Crippen LogP contribution in [0.2, 0.25) is 0 Å². The first kappa shape index (κ1) is 22.2. The largest absolute Gasteiger partial charge is 0.383 e. The summed E-state index contributed by atoms with van der Waals surface area (Å²) in [5.41, 5.74) is 7.89. The standard InChI is InChI=1S/C24H25F2N7O/c1-34-14-13-31-9-11-32(12-10-31)24-28-21(18-7-2-3-8-19(18)26)20-22(27)33(30-23(20)29-24)17-6-4-5-16(25)15-17/h2-8,15H,9-14,27H2,1H3. The summed E-state index contributed by atoms with van der Waals surface area (Å²) in [6.07, 6.45) is 0. The molecule has 0 aliphatic carbocycles. The van der Waals surface area contributed by atoms with E-state index in [1.807, 2.05) is 0 Å². The number of ether oxygens (including phenoxy) is 1. The highest BCUT2D eigenvalue weighted by Gasteiger charge is 2.25. The molecule has 1 aliphatic rings. The first-order valence-electron chi connectivity index (χ1n) is 11.1. The summed E-state index contributed by atoms with van der Waals surface area (Å²) in [5, 5.41) is 4.98. The van der Waals surface area contributed by atoms with Crippen molar-refractivity contribution in [3.8, 4) is 16.9 Å². The van der Waals surface area contributed by atoms with E-state index in [1.165, 1.54) is 22.9 Å². The Morgan fingerprint density at radius 2 is 1.79 bits per heavy atom. The van der Waals surface area contributed by atoms with Crippen molar-refractivity contribution in [2.75, 3.05) is 57.1 Å². The second kappa shape index (κ2) is 9.32. The Labute approximate surface area is 195 Å². The minimum Gasteiger partial charge on any atom is -0.383 e. The summed E-state index contributed by atoms with van der Waals surface area (Å²) < 4.78 is 35.3. The number of nitrogens with zero attached hydrogens (tertiary/aromatic N) is 6. The number of hydrogen-bond acceptors (Lipinski definition) is 7. The Morgan fingerprint density at radius 1 is 1.00 bits per heavy atom. The van der Waals surface area contributed by atoms with Crippen molar-refractivity contribution in [3.05, 3.63) is 60.2 Å². The van der Waals surface area contributed by atoms with Crippen molar-refractivity contribution in [1.29, 1.82) is 0 Å². The lowest BCUT2D eigenvalue weighted by Crippen LogP contribution is -2.47. The highest BCUT2D eigenvalue weighted by atomic mass is 19.1. The molecule has 0 amide bonds. The topological polar surface area (TPSA) is 85.3 Å². The minimum absolute atomic E-state index is 0.217. The third-order valence-electron chi connectivity index (χ3n) is 6.01. The molecule has 3 heterocycles. The Bertz CT molecular complexity index is 1320. The summed E-state index contributed by atoms with van der Waals surface area (Å²) in [6.45, 7) is 4.63. The van der Waals surface area contributed by atoms with E-state index in [1.54, 1.807) is 37.4 Å². The zero-order valence-corrected chi connectivity index (χ0v) is 18.8. The molecule has 176 valence electrons. The third-order valence-corrected chi connectivity index (χ3v) is 6.01. The number of benzene rings is 2. The van der Waals surface area contributed by atoms with E-state index in [0.717, 1.165) is 19.6 Å². The molecule has 1 saturated heterocycles. The SMILES string of the molecule is COCCN1CCN(c2nc(-c3ccccc3F)c3c(N)n(-c4cccc(F)c4)nc3n2)CC1. The van der Waals surface area contributed by atoms with Crippen LogP contribution in [-0.4, -0.2) is 71.1 Å². The Morgan fingerprint density at radius 3 is 2.53 bits per heavy atom. The molecule has 34 heavy (non-hydrogen) atoms. The molecule has 0 radical (unpaired) electrons. The number of methoxy groups -OCH3 is 1. The van der Waals surface area contributed by atoms with E-state index in [2.05, 4.69) is 19.9 Å². The smallest absolute Gasteiger partial charge is 0.228 e. The third kappa shape index (κ3) is 4.17. The number of nitrogens with two attached hydrogens (primary N) is 1. The van der Waals surface area contributed by atoms with Crippen LogP contribution in [0.5, 0.6) is 0 Å². The molecule has 0 bridgehead atoms. The highest BCUT2D eigenvalue weighted by molar-refractivity contribution is 5.99. The van der Waals surface area contributed by atoms with Gasteiger partial charge in [0.2, 0.25) is 5.95 Å². The molecule has 4 aromatic rings. The monoisotopic (exact) mass is 465 g/mol. The van der Waals surface area contributed by atoms with Gasteiger partial charge < -0.3 is 15.4 Å². The first-order valence-corrected chi connectivity index (χ1v) is 11.1. The molecular formula is C24H25F2N7O. The van der Waals surface area contributed by atoms with Gasteiger partial charge in [-0.25, -0.2) is 18.4 Å². The lowest BCUT2D eigenvalue weighted by molar-refractivity contribution is 0.144. The maximum Gasteiger partial charge on any atom is 0.228 e. The van der Waals surface area contributed by atoms with Gasteiger partial charge >= 0.3 is 0 Å². The van der Waals surface area contributed by atoms with Crippen LogP contribution < -0.4 is 10.6 Å². The van der Waals surface area contributed by atoms with Gasteiger partial charge in [-0.3, -0.25) is 4.90 Å². The van der Waals surface area contributed by atoms with Gasteiger partial charge in [0.25, 0.3) is 0 Å². The van der Waals surface area contributed by atoms with Crippen LogP contribution in [0.25, 0.3) is 28.0 Å². The zero-order valence-electron chi connectivity index (χ0n) is 18.8.